The van der Waals surface area contributed by atoms with Crippen molar-refractivity contribution in [1.82, 2.24) is 5.16 Å². The van der Waals surface area contributed by atoms with Crippen LogP contribution in [-0.4, -0.2) is 12.3 Å². The van der Waals surface area contributed by atoms with Gasteiger partial charge in [-0.15, -0.1) is 0 Å². The molecule has 0 unspecified atom stereocenters. The molecule has 80 valence electrons. The van der Waals surface area contributed by atoms with Crippen LogP contribution in [0.3, 0.4) is 0 Å². The maximum absolute atomic E-state index is 8.75. The van der Waals surface area contributed by atoms with Gasteiger partial charge in [0.1, 0.15) is 16.3 Å². The second kappa shape index (κ2) is 4.37. The molecular weight excluding hydrogens is 272 g/mol. The van der Waals surface area contributed by atoms with Gasteiger partial charge in [0.15, 0.2) is 11.5 Å². The maximum atomic E-state index is 8.75. The van der Waals surface area contributed by atoms with Gasteiger partial charge in [0.2, 0.25) is 0 Å². The Morgan fingerprint density at radius 3 is 2.94 bits per heavy atom. The van der Waals surface area contributed by atoms with E-state index < -0.39 is 0 Å². The number of hydrogen-bond acceptors (Lipinski definition) is 4. The van der Waals surface area contributed by atoms with Crippen LogP contribution in [-0.2, 0) is 0 Å². The van der Waals surface area contributed by atoms with E-state index in [2.05, 4.69) is 21.1 Å². The van der Waals surface area contributed by atoms with Crippen molar-refractivity contribution >= 4 is 15.9 Å². The van der Waals surface area contributed by atoms with E-state index in [1.54, 1.807) is 7.11 Å². The van der Waals surface area contributed by atoms with E-state index in [1.165, 1.54) is 0 Å². The summed E-state index contributed by atoms with van der Waals surface area (Å²) in [5.41, 5.74) is 1.04. The largest absolute Gasteiger partial charge is 0.497 e. The van der Waals surface area contributed by atoms with Crippen molar-refractivity contribution in [3.05, 3.63) is 34.4 Å². The van der Waals surface area contributed by atoms with Crippen molar-refractivity contribution in [3.8, 4) is 23.1 Å². The molecule has 5 heteroatoms. The number of halogens is 1. The molecule has 0 aliphatic rings. The predicted molar refractivity (Wildman–Crippen MR) is 60.9 cm³/mol. The van der Waals surface area contributed by atoms with E-state index in [1.807, 2.05) is 30.3 Å². The molecule has 1 aromatic carbocycles. The first kappa shape index (κ1) is 10.7. The minimum absolute atomic E-state index is 0.234. The fraction of sp³-hybridized carbons (Fsp3) is 0.0909. The lowest BCUT2D eigenvalue weighted by molar-refractivity contribution is 0.413. The van der Waals surface area contributed by atoms with Crippen molar-refractivity contribution in [2.45, 2.75) is 0 Å². The Morgan fingerprint density at radius 1 is 1.50 bits per heavy atom. The van der Waals surface area contributed by atoms with Crippen LogP contribution >= 0.6 is 15.9 Å². The second-order valence-electron chi connectivity index (χ2n) is 3.02. The number of benzene rings is 1. The van der Waals surface area contributed by atoms with Crippen LogP contribution in [0.1, 0.15) is 5.69 Å². The van der Waals surface area contributed by atoms with Gasteiger partial charge in [-0.2, -0.15) is 5.26 Å². The fourth-order valence-electron chi connectivity index (χ4n) is 1.29. The van der Waals surface area contributed by atoms with E-state index in [9.17, 15) is 0 Å². The lowest BCUT2D eigenvalue weighted by Crippen LogP contribution is -1.83. The molecule has 0 aliphatic carbocycles. The summed E-state index contributed by atoms with van der Waals surface area (Å²) in [4.78, 5) is 0. The van der Waals surface area contributed by atoms with Crippen LogP contribution < -0.4 is 4.74 Å². The molecule has 0 radical (unpaired) electrons. The van der Waals surface area contributed by atoms with Gasteiger partial charge in [-0.3, -0.25) is 0 Å². The third-order valence-electron chi connectivity index (χ3n) is 2.07. The number of nitrogens with zero attached hydrogens (tertiary/aromatic N) is 2. The highest BCUT2D eigenvalue weighted by Crippen LogP contribution is 2.32. The molecule has 0 aliphatic heterocycles. The molecule has 4 nitrogen and oxygen atoms in total. The first-order chi connectivity index (χ1) is 7.76. The summed E-state index contributed by atoms with van der Waals surface area (Å²) < 4.78 is 10.8. The van der Waals surface area contributed by atoms with Crippen LogP contribution in [0.2, 0.25) is 0 Å². The Kier molecular flexibility index (Phi) is 2.93. The summed E-state index contributed by atoms with van der Waals surface area (Å²) in [6.45, 7) is 0. The molecule has 0 saturated carbocycles. The Balaban J connectivity index is 2.51. The van der Waals surface area contributed by atoms with E-state index in [-0.39, 0.29) is 5.69 Å². The van der Waals surface area contributed by atoms with Crippen molar-refractivity contribution in [2.24, 2.45) is 0 Å². The minimum Gasteiger partial charge on any atom is -0.497 e. The van der Waals surface area contributed by atoms with Crippen LogP contribution in [0.15, 0.2) is 33.3 Å². The molecule has 0 fully saturated rings. The number of rotatable bonds is 2. The second-order valence-corrected chi connectivity index (χ2v) is 3.81. The van der Waals surface area contributed by atoms with E-state index in [4.69, 9.17) is 14.5 Å². The first-order valence-electron chi connectivity index (χ1n) is 4.46. The van der Waals surface area contributed by atoms with E-state index >= 15 is 0 Å². The molecule has 0 N–H and O–H groups in total. The van der Waals surface area contributed by atoms with Gasteiger partial charge in [0, 0.05) is 5.56 Å². The van der Waals surface area contributed by atoms with Gasteiger partial charge in [0.25, 0.3) is 0 Å². The zero-order valence-corrected chi connectivity index (χ0v) is 9.98. The quantitative estimate of drug-likeness (QED) is 0.847. The lowest BCUT2D eigenvalue weighted by Gasteiger charge is -2.01. The van der Waals surface area contributed by atoms with Gasteiger partial charge in [-0.1, -0.05) is 17.3 Å². The fourth-order valence-corrected chi connectivity index (χ4v) is 1.75. The van der Waals surface area contributed by atoms with Gasteiger partial charge < -0.3 is 9.26 Å². The number of aromatic nitrogens is 1. The van der Waals surface area contributed by atoms with Gasteiger partial charge >= 0.3 is 0 Å². The molecule has 16 heavy (non-hydrogen) atoms. The summed E-state index contributed by atoms with van der Waals surface area (Å²) in [5.74, 6) is 1.25. The lowest BCUT2D eigenvalue weighted by atomic mass is 10.1. The molecule has 2 rings (SSSR count). The highest BCUT2D eigenvalue weighted by molar-refractivity contribution is 9.10. The van der Waals surface area contributed by atoms with Crippen LogP contribution in [0.5, 0.6) is 5.75 Å². The highest BCUT2D eigenvalue weighted by atomic mass is 79.9. The number of nitriles is 1. The zero-order chi connectivity index (χ0) is 11.5. The summed E-state index contributed by atoms with van der Waals surface area (Å²) in [6.07, 6.45) is 0. The summed E-state index contributed by atoms with van der Waals surface area (Å²) in [6, 6.07) is 9.27. The Labute approximate surface area is 101 Å². The van der Waals surface area contributed by atoms with E-state index in [0.29, 0.717) is 10.2 Å². The molecule has 1 heterocycles. The normalized spacial score (nSPS) is 9.81. The SMILES string of the molecule is COc1cccc(-c2onc(C#N)c2Br)c1. The molecule has 0 atom stereocenters. The standard InChI is InChI=1S/C11H7BrN2O2/c1-15-8-4-2-3-7(5-8)11-10(12)9(6-13)14-16-11/h2-5H,1H3. The summed E-state index contributed by atoms with van der Waals surface area (Å²) >= 11 is 3.28. The topological polar surface area (TPSA) is 59.1 Å². The van der Waals surface area contributed by atoms with Crippen molar-refractivity contribution < 1.29 is 9.26 Å². The average Bonchev–Trinajstić information content (AvgIpc) is 2.70. The summed E-state index contributed by atoms with van der Waals surface area (Å²) in [7, 11) is 1.59. The molecule has 1 aromatic heterocycles. The van der Waals surface area contributed by atoms with Gasteiger partial charge in [-0.05, 0) is 28.1 Å². The van der Waals surface area contributed by atoms with Crippen molar-refractivity contribution in [2.75, 3.05) is 7.11 Å². The predicted octanol–water partition coefficient (Wildman–Crippen LogP) is 2.98. The van der Waals surface area contributed by atoms with Crippen molar-refractivity contribution in [3.63, 3.8) is 0 Å². The molecule has 0 saturated heterocycles. The van der Waals surface area contributed by atoms with Crippen LogP contribution in [0, 0.1) is 11.3 Å². The Bertz CT molecular complexity index is 557. The molecule has 0 spiro atoms. The number of hydrogen-bond donors (Lipinski definition) is 0. The zero-order valence-electron chi connectivity index (χ0n) is 8.40. The highest BCUT2D eigenvalue weighted by Gasteiger charge is 2.15. The smallest absolute Gasteiger partial charge is 0.198 e. The van der Waals surface area contributed by atoms with Crippen LogP contribution in [0.25, 0.3) is 11.3 Å². The third-order valence-corrected chi connectivity index (χ3v) is 2.81. The average molecular weight is 279 g/mol. The monoisotopic (exact) mass is 278 g/mol. The van der Waals surface area contributed by atoms with Crippen molar-refractivity contribution in [1.29, 1.82) is 5.26 Å². The molecule has 0 amide bonds. The molecule has 2 aromatic rings. The Morgan fingerprint density at radius 2 is 2.31 bits per heavy atom. The minimum atomic E-state index is 0.234. The maximum Gasteiger partial charge on any atom is 0.198 e. The number of ether oxygens (including phenoxy) is 1. The molecule has 0 bridgehead atoms. The van der Waals surface area contributed by atoms with Crippen LogP contribution in [0.4, 0.5) is 0 Å². The summed E-state index contributed by atoms with van der Waals surface area (Å²) in [5, 5.41) is 12.4. The van der Waals surface area contributed by atoms with E-state index in [0.717, 1.165) is 11.3 Å². The first-order valence-corrected chi connectivity index (χ1v) is 5.25. The molecular formula is C11H7BrN2O2. The van der Waals surface area contributed by atoms with Gasteiger partial charge in [-0.25, -0.2) is 0 Å². The number of methoxy groups -OCH3 is 1. The Hall–Kier alpha value is -1.80. The van der Waals surface area contributed by atoms with Gasteiger partial charge in [0.05, 0.1) is 7.11 Å². The third kappa shape index (κ3) is 1.79.